The number of nitrogens with zero attached hydrogens (tertiary/aromatic N) is 4. The average Bonchev–Trinajstić information content (AvgIpc) is 2.87. The lowest BCUT2D eigenvalue weighted by atomic mass is 10.3. The number of carbonyl (C=O) groups is 1. The van der Waals surface area contributed by atoms with Gasteiger partial charge in [-0.15, -0.1) is 5.10 Å². The highest BCUT2D eigenvalue weighted by atomic mass is 16.4. The molecule has 1 N–H and O–H groups in total. The molecular formula is C8H12N4O2. The Morgan fingerprint density at radius 1 is 1.57 bits per heavy atom. The van der Waals surface area contributed by atoms with E-state index in [0.29, 0.717) is 18.9 Å². The molecule has 14 heavy (non-hydrogen) atoms. The fourth-order valence-corrected chi connectivity index (χ4v) is 1.38. The maximum atomic E-state index is 10.3. The molecule has 1 aromatic heterocycles. The molecule has 1 heterocycles. The molecule has 0 saturated heterocycles. The lowest BCUT2D eigenvalue weighted by molar-refractivity contribution is -0.137. The van der Waals surface area contributed by atoms with E-state index in [-0.39, 0.29) is 6.42 Å². The minimum absolute atomic E-state index is 0.171. The number of aromatic nitrogens is 4. The van der Waals surface area contributed by atoms with Gasteiger partial charge in [0.1, 0.15) is 0 Å². The van der Waals surface area contributed by atoms with Crippen molar-refractivity contribution < 1.29 is 9.90 Å². The molecule has 0 amide bonds. The van der Waals surface area contributed by atoms with Gasteiger partial charge in [0.05, 0.1) is 0 Å². The van der Waals surface area contributed by atoms with Crippen molar-refractivity contribution in [3.8, 4) is 0 Å². The van der Waals surface area contributed by atoms with Crippen LogP contribution in [0.15, 0.2) is 0 Å². The molecule has 1 saturated carbocycles. The number of aryl methyl sites for hydroxylation is 1. The van der Waals surface area contributed by atoms with E-state index in [2.05, 4.69) is 15.5 Å². The molecule has 0 aromatic carbocycles. The van der Waals surface area contributed by atoms with Gasteiger partial charge in [-0.1, -0.05) is 0 Å². The summed E-state index contributed by atoms with van der Waals surface area (Å²) in [5.74, 6) is 0.649. The molecule has 2 rings (SSSR count). The van der Waals surface area contributed by atoms with E-state index >= 15 is 0 Å². The van der Waals surface area contributed by atoms with Crippen molar-refractivity contribution in [1.82, 2.24) is 20.2 Å². The zero-order chi connectivity index (χ0) is 9.97. The predicted octanol–water partition coefficient (Wildman–Crippen LogP) is 0.415. The fraction of sp³-hybridized carbons (Fsp3) is 0.750. The number of carboxylic acid groups (broad SMARTS) is 1. The molecule has 0 atom stereocenters. The van der Waals surface area contributed by atoms with Gasteiger partial charge in [-0.25, -0.2) is 4.68 Å². The Morgan fingerprint density at radius 3 is 3.00 bits per heavy atom. The summed E-state index contributed by atoms with van der Waals surface area (Å²) in [5.41, 5.74) is 0. The van der Waals surface area contributed by atoms with E-state index in [9.17, 15) is 4.79 Å². The first-order valence-electron chi connectivity index (χ1n) is 4.75. The number of tetrazole rings is 1. The van der Waals surface area contributed by atoms with Gasteiger partial charge in [0.15, 0.2) is 5.82 Å². The Balaban J connectivity index is 1.88. The smallest absolute Gasteiger partial charge is 0.303 e. The zero-order valence-corrected chi connectivity index (χ0v) is 7.76. The maximum absolute atomic E-state index is 10.3. The van der Waals surface area contributed by atoms with Crippen LogP contribution in [0.25, 0.3) is 0 Å². The summed E-state index contributed by atoms with van der Waals surface area (Å²) in [5, 5.41) is 19.8. The van der Waals surface area contributed by atoms with Gasteiger partial charge in [-0.3, -0.25) is 4.79 Å². The van der Waals surface area contributed by atoms with E-state index in [1.54, 1.807) is 4.68 Å². The minimum atomic E-state index is -0.772. The third-order valence-electron chi connectivity index (χ3n) is 2.26. The topological polar surface area (TPSA) is 80.9 Å². The first-order chi connectivity index (χ1) is 6.77. The Bertz CT molecular complexity index is 332. The van der Waals surface area contributed by atoms with Gasteiger partial charge < -0.3 is 5.11 Å². The number of rotatable bonds is 5. The van der Waals surface area contributed by atoms with E-state index in [0.717, 1.165) is 18.7 Å². The molecule has 0 radical (unpaired) electrons. The lowest BCUT2D eigenvalue weighted by Gasteiger charge is -2.01. The van der Waals surface area contributed by atoms with E-state index < -0.39 is 5.97 Å². The second kappa shape index (κ2) is 3.73. The Kier molecular flexibility index (Phi) is 2.43. The van der Waals surface area contributed by atoms with Crippen LogP contribution >= 0.6 is 0 Å². The summed E-state index contributed by atoms with van der Waals surface area (Å²) in [6.07, 6.45) is 3.06. The lowest BCUT2D eigenvalue weighted by Crippen LogP contribution is -2.07. The van der Waals surface area contributed by atoms with Crippen molar-refractivity contribution in [3.63, 3.8) is 0 Å². The molecular weight excluding hydrogens is 184 g/mol. The van der Waals surface area contributed by atoms with Crippen LogP contribution in [-0.2, 0) is 11.3 Å². The Morgan fingerprint density at radius 2 is 2.36 bits per heavy atom. The number of carboxylic acids is 1. The highest BCUT2D eigenvalue weighted by Crippen LogP contribution is 2.38. The highest BCUT2D eigenvalue weighted by molar-refractivity contribution is 5.66. The minimum Gasteiger partial charge on any atom is -0.481 e. The second-order valence-corrected chi connectivity index (χ2v) is 3.53. The monoisotopic (exact) mass is 196 g/mol. The van der Waals surface area contributed by atoms with Gasteiger partial charge in [-0.2, -0.15) is 0 Å². The molecule has 1 aromatic rings. The number of hydrogen-bond donors (Lipinski definition) is 1. The molecule has 6 nitrogen and oxygen atoms in total. The quantitative estimate of drug-likeness (QED) is 0.737. The van der Waals surface area contributed by atoms with Gasteiger partial charge in [0.2, 0.25) is 0 Å². The highest BCUT2D eigenvalue weighted by Gasteiger charge is 2.29. The summed E-state index contributed by atoms with van der Waals surface area (Å²) in [6, 6.07) is 0. The molecule has 6 heteroatoms. The SMILES string of the molecule is O=C(O)CCCn1nnnc1C1CC1. The summed E-state index contributed by atoms with van der Waals surface area (Å²) in [7, 11) is 0. The Hall–Kier alpha value is -1.46. The Labute approximate surface area is 80.9 Å². The molecule has 1 aliphatic rings. The van der Waals surface area contributed by atoms with E-state index in [4.69, 9.17) is 5.11 Å². The largest absolute Gasteiger partial charge is 0.481 e. The molecule has 1 aliphatic carbocycles. The van der Waals surface area contributed by atoms with Crippen molar-refractivity contribution in [3.05, 3.63) is 5.82 Å². The molecule has 0 spiro atoms. The van der Waals surface area contributed by atoms with Crippen LogP contribution in [0, 0.1) is 0 Å². The summed E-state index contributed by atoms with van der Waals surface area (Å²) in [4.78, 5) is 10.3. The van der Waals surface area contributed by atoms with Crippen LogP contribution in [-0.4, -0.2) is 31.3 Å². The zero-order valence-electron chi connectivity index (χ0n) is 7.76. The first-order valence-corrected chi connectivity index (χ1v) is 4.75. The van der Waals surface area contributed by atoms with E-state index in [1.807, 2.05) is 0 Å². The first kappa shape index (κ1) is 9.11. The van der Waals surface area contributed by atoms with Crippen LogP contribution in [0.1, 0.15) is 37.4 Å². The number of aliphatic carboxylic acids is 1. The van der Waals surface area contributed by atoms with Crippen molar-refractivity contribution in [1.29, 1.82) is 0 Å². The fourth-order valence-electron chi connectivity index (χ4n) is 1.38. The average molecular weight is 196 g/mol. The van der Waals surface area contributed by atoms with Crippen LogP contribution in [0.2, 0.25) is 0 Å². The molecule has 0 unspecified atom stereocenters. The summed E-state index contributed by atoms with van der Waals surface area (Å²) >= 11 is 0. The van der Waals surface area contributed by atoms with E-state index in [1.165, 1.54) is 0 Å². The van der Waals surface area contributed by atoms with Gasteiger partial charge in [0.25, 0.3) is 0 Å². The predicted molar refractivity (Wildman–Crippen MR) is 46.7 cm³/mol. The van der Waals surface area contributed by atoms with Crippen molar-refractivity contribution >= 4 is 5.97 Å². The third-order valence-corrected chi connectivity index (χ3v) is 2.26. The van der Waals surface area contributed by atoms with Crippen LogP contribution in [0.5, 0.6) is 0 Å². The summed E-state index contributed by atoms with van der Waals surface area (Å²) in [6.45, 7) is 0.602. The molecule has 1 fully saturated rings. The summed E-state index contributed by atoms with van der Waals surface area (Å²) < 4.78 is 1.72. The maximum Gasteiger partial charge on any atom is 0.303 e. The third kappa shape index (κ3) is 2.07. The van der Waals surface area contributed by atoms with Crippen LogP contribution < -0.4 is 0 Å². The van der Waals surface area contributed by atoms with Crippen molar-refractivity contribution in [2.24, 2.45) is 0 Å². The van der Waals surface area contributed by atoms with Crippen molar-refractivity contribution in [2.75, 3.05) is 0 Å². The standard InChI is InChI=1S/C8H12N4O2/c13-7(14)2-1-5-12-8(6-3-4-6)9-10-11-12/h6H,1-5H2,(H,13,14). The van der Waals surface area contributed by atoms with Gasteiger partial charge in [0, 0.05) is 18.9 Å². The van der Waals surface area contributed by atoms with Gasteiger partial charge >= 0.3 is 5.97 Å². The second-order valence-electron chi connectivity index (χ2n) is 3.53. The molecule has 76 valence electrons. The van der Waals surface area contributed by atoms with Crippen molar-refractivity contribution in [2.45, 2.75) is 38.1 Å². The van der Waals surface area contributed by atoms with Crippen LogP contribution in [0.4, 0.5) is 0 Å². The molecule has 0 bridgehead atoms. The van der Waals surface area contributed by atoms with Crippen LogP contribution in [0.3, 0.4) is 0 Å². The van der Waals surface area contributed by atoms with Gasteiger partial charge in [-0.05, 0) is 29.7 Å². The molecule has 0 aliphatic heterocycles. The number of hydrogen-bond acceptors (Lipinski definition) is 4. The normalized spacial score (nSPS) is 15.7.